The van der Waals surface area contributed by atoms with Gasteiger partial charge in [0, 0.05) is 18.5 Å². The standard InChI is InChI=1S/C9H19ClN2/c1-11-9(3-5-10)8-4-6-12(2)7-8/h8-9,11H,3-7H2,1-2H3. The van der Waals surface area contributed by atoms with Crippen LogP contribution >= 0.6 is 11.6 Å². The van der Waals surface area contributed by atoms with Crippen molar-refractivity contribution in [3.05, 3.63) is 0 Å². The molecule has 12 heavy (non-hydrogen) atoms. The summed E-state index contributed by atoms with van der Waals surface area (Å²) < 4.78 is 0. The zero-order chi connectivity index (χ0) is 8.97. The summed E-state index contributed by atoms with van der Waals surface area (Å²) in [6.07, 6.45) is 2.41. The molecule has 1 fully saturated rings. The van der Waals surface area contributed by atoms with Crippen molar-refractivity contribution in [2.45, 2.75) is 18.9 Å². The van der Waals surface area contributed by atoms with Crippen LogP contribution in [0, 0.1) is 5.92 Å². The van der Waals surface area contributed by atoms with Crippen molar-refractivity contribution >= 4 is 11.6 Å². The number of hydrogen-bond acceptors (Lipinski definition) is 2. The first kappa shape index (κ1) is 10.3. The molecule has 0 aromatic heterocycles. The van der Waals surface area contributed by atoms with Gasteiger partial charge in [-0.2, -0.15) is 0 Å². The highest BCUT2D eigenvalue weighted by atomic mass is 35.5. The van der Waals surface area contributed by atoms with Gasteiger partial charge in [-0.15, -0.1) is 11.6 Å². The lowest BCUT2D eigenvalue weighted by atomic mass is 9.97. The van der Waals surface area contributed by atoms with Gasteiger partial charge in [-0.1, -0.05) is 0 Å². The van der Waals surface area contributed by atoms with E-state index in [2.05, 4.69) is 17.3 Å². The predicted octanol–water partition coefficient (Wildman–Crippen LogP) is 1.16. The molecule has 0 radical (unpaired) electrons. The first-order valence-corrected chi connectivity index (χ1v) is 5.23. The summed E-state index contributed by atoms with van der Waals surface area (Å²) in [5.74, 6) is 1.57. The lowest BCUT2D eigenvalue weighted by molar-refractivity contribution is 0.341. The molecule has 1 heterocycles. The Morgan fingerprint density at radius 2 is 2.42 bits per heavy atom. The van der Waals surface area contributed by atoms with E-state index in [4.69, 9.17) is 11.6 Å². The molecule has 0 aromatic rings. The van der Waals surface area contributed by atoms with Crippen LogP contribution < -0.4 is 5.32 Å². The molecule has 1 aliphatic heterocycles. The van der Waals surface area contributed by atoms with Gasteiger partial charge >= 0.3 is 0 Å². The molecule has 0 spiro atoms. The largest absolute Gasteiger partial charge is 0.317 e. The van der Waals surface area contributed by atoms with Crippen molar-refractivity contribution in [2.24, 2.45) is 5.92 Å². The summed E-state index contributed by atoms with van der Waals surface area (Å²) in [6.45, 7) is 2.47. The highest BCUT2D eigenvalue weighted by Gasteiger charge is 2.25. The summed E-state index contributed by atoms with van der Waals surface area (Å²) in [5.41, 5.74) is 0. The summed E-state index contributed by atoms with van der Waals surface area (Å²) in [7, 11) is 4.23. The van der Waals surface area contributed by atoms with Crippen molar-refractivity contribution in [3.8, 4) is 0 Å². The van der Waals surface area contributed by atoms with Crippen LogP contribution in [-0.2, 0) is 0 Å². The van der Waals surface area contributed by atoms with Crippen molar-refractivity contribution in [2.75, 3.05) is 33.1 Å². The Bertz CT molecular complexity index is 128. The first-order valence-electron chi connectivity index (χ1n) is 4.69. The normalized spacial score (nSPS) is 27.8. The van der Waals surface area contributed by atoms with Gasteiger partial charge in [-0.25, -0.2) is 0 Å². The van der Waals surface area contributed by atoms with Gasteiger partial charge in [0.15, 0.2) is 0 Å². The van der Waals surface area contributed by atoms with E-state index in [9.17, 15) is 0 Å². The summed E-state index contributed by atoms with van der Waals surface area (Å²) in [5, 5.41) is 3.35. The van der Waals surface area contributed by atoms with Gasteiger partial charge in [-0.3, -0.25) is 0 Å². The molecule has 3 heteroatoms. The Kier molecular flexibility index (Phi) is 4.33. The van der Waals surface area contributed by atoms with Crippen molar-refractivity contribution < 1.29 is 0 Å². The van der Waals surface area contributed by atoms with Crippen molar-refractivity contribution in [1.29, 1.82) is 0 Å². The smallest absolute Gasteiger partial charge is 0.0238 e. The fraction of sp³-hybridized carbons (Fsp3) is 1.00. The van der Waals surface area contributed by atoms with Crippen molar-refractivity contribution in [1.82, 2.24) is 10.2 Å². The van der Waals surface area contributed by atoms with E-state index in [1.807, 2.05) is 7.05 Å². The van der Waals surface area contributed by atoms with E-state index < -0.39 is 0 Å². The van der Waals surface area contributed by atoms with Crippen LogP contribution in [0.15, 0.2) is 0 Å². The monoisotopic (exact) mass is 190 g/mol. The number of halogens is 1. The third kappa shape index (κ3) is 2.61. The second-order valence-corrected chi connectivity index (χ2v) is 4.06. The highest BCUT2D eigenvalue weighted by Crippen LogP contribution is 2.20. The summed E-state index contributed by atoms with van der Waals surface area (Å²) in [4.78, 5) is 2.39. The number of likely N-dealkylation sites (tertiary alicyclic amines) is 1. The molecule has 0 bridgehead atoms. The number of nitrogens with one attached hydrogen (secondary N) is 1. The first-order chi connectivity index (χ1) is 5.77. The Morgan fingerprint density at radius 1 is 1.67 bits per heavy atom. The Morgan fingerprint density at radius 3 is 2.83 bits per heavy atom. The molecule has 1 aliphatic rings. The third-order valence-corrected chi connectivity index (χ3v) is 3.01. The minimum Gasteiger partial charge on any atom is -0.317 e. The van der Waals surface area contributed by atoms with Gasteiger partial charge in [0.1, 0.15) is 0 Å². The van der Waals surface area contributed by atoms with Gasteiger partial charge in [0.05, 0.1) is 0 Å². The molecule has 2 nitrogen and oxygen atoms in total. The highest BCUT2D eigenvalue weighted by molar-refractivity contribution is 6.17. The zero-order valence-corrected chi connectivity index (χ0v) is 8.77. The van der Waals surface area contributed by atoms with Gasteiger partial charge in [-0.05, 0) is 39.4 Å². The number of nitrogens with zero attached hydrogens (tertiary/aromatic N) is 1. The molecule has 0 aromatic carbocycles. The van der Waals surface area contributed by atoms with Crippen LogP contribution in [0.5, 0.6) is 0 Å². The van der Waals surface area contributed by atoms with Crippen LogP contribution in [-0.4, -0.2) is 44.0 Å². The molecule has 2 atom stereocenters. The van der Waals surface area contributed by atoms with E-state index in [1.54, 1.807) is 0 Å². The minimum atomic E-state index is 0.618. The number of rotatable bonds is 4. The van der Waals surface area contributed by atoms with E-state index in [1.165, 1.54) is 19.5 Å². The third-order valence-electron chi connectivity index (χ3n) is 2.79. The molecule has 0 amide bonds. The second-order valence-electron chi connectivity index (χ2n) is 3.68. The maximum Gasteiger partial charge on any atom is 0.0238 e. The van der Waals surface area contributed by atoms with Crippen molar-refractivity contribution in [3.63, 3.8) is 0 Å². The van der Waals surface area contributed by atoms with E-state index >= 15 is 0 Å². The van der Waals surface area contributed by atoms with E-state index in [0.717, 1.165) is 18.2 Å². The number of hydrogen-bond donors (Lipinski definition) is 1. The zero-order valence-electron chi connectivity index (χ0n) is 8.02. The minimum absolute atomic E-state index is 0.618. The SMILES string of the molecule is CNC(CCCl)C1CCN(C)C1. The molecule has 1 saturated heterocycles. The fourth-order valence-electron chi connectivity index (χ4n) is 2.03. The van der Waals surface area contributed by atoms with Crippen LogP contribution in [0.2, 0.25) is 0 Å². The molecule has 0 saturated carbocycles. The quantitative estimate of drug-likeness (QED) is 0.670. The Labute approximate surface area is 80.3 Å². The molecule has 72 valence electrons. The Hall–Kier alpha value is 0.210. The summed E-state index contributed by atoms with van der Waals surface area (Å²) in [6, 6.07) is 0.618. The fourth-order valence-corrected chi connectivity index (χ4v) is 2.27. The average Bonchev–Trinajstić information content (AvgIpc) is 2.47. The maximum absolute atomic E-state index is 5.74. The molecule has 0 aliphatic carbocycles. The average molecular weight is 191 g/mol. The molecular weight excluding hydrogens is 172 g/mol. The van der Waals surface area contributed by atoms with Crippen LogP contribution in [0.25, 0.3) is 0 Å². The van der Waals surface area contributed by atoms with Crippen LogP contribution in [0.1, 0.15) is 12.8 Å². The maximum atomic E-state index is 5.74. The predicted molar refractivity (Wildman–Crippen MR) is 53.8 cm³/mol. The van der Waals surface area contributed by atoms with E-state index in [-0.39, 0.29) is 0 Å². The summed E-state index contributed by atoms with van der Waals surface area (Å²) >= 11 is 5.74. The van der Waals surface area contributed by atoms with E-state index in [0.29, 0.717) is 6.04 Å². The van der Waals surface area contributed by atoms with Gasteiger partial charge in [0.2, 0.25) is 0 Å². The molecule has 2 unspecified atom stereocenters. The van der Waals surface area contributed by atoms with Crippen LogP contribution in [0.4, 0.5) is 0 Å². The molecule has 1 N–H and O–H groups in total. The topological polar surface area (TPSA) is 15.3 Å². The second kappa shape index (κ2) is 5.05. The molecular formula is C9H19ClN2. The Balaban J connectivity index is 2.33. The number of alkyl halides is 1. The lowest BCUT2D eigenvalue weighted by Crippen LogP contribution is -2.35. The van der Waals surface area contributed by atoms with Crippen LogP contribution in [0.3, 0.4) is 0 Å². The lowest BCUT2D eigenvalue weighted by Gasteiger charge is -2.21. The van der Waals surface area contributed by atoms with Gasteiger partial charge < -0.3 is 10.2 Å². The molecule has 1 rings (SSSR count). The van der Waals surface area contributed by atoms with Gasteiger partial charge in [0.25, 0.3) is 0 Å².